The Morgan fingerprint density at radius 3 is 2.64 bits per heavy atom. The van der Waals surface area contributed by atoms with Crippen LogP contribution in [0.5, 0.6) is 0 Å². The number of hydrogen-bond acceptors (Lipinski definition) is 2. The molecule has 5 heteroatoms. The van der Waals surface area contributed by atoms with Crippen molar-refractivity contribution in [2.75, 3.05) is 6.61 Å². The first-order chi connectivity index (χ1) is 6.54. The fraction of sp³-hybridized carbons (Fsp3) is 0.222. The lowest BCUT2D eigenvalue weighted by atomic mass is 10.2. The van der Waals surface area contributed by atoms with Crippen molar-refractivity contribution < 1.29 is 18.3 Å². The molecule has 0 spiro atoms. The maximum atomic E-state index is 12.2. The molecule has 0 atom stereocenters. The van der Waals surface area contributed by atoms with E-state index in [4.69, 9.17) is 5.11 Å². The lowest BCUT2D eigenvalue weighted by molar-refractivity contribution is -0.137. The van der Waals surface area contributed by atoms with Crippen LogP contribution in [0.3, 0.4) is 0 Å². The van der Waals surface area contributed by atoms with Gasteiger partial charge in [-0.25, -0.2) is 0 Å². The molecule has 1 rings (SSSR count). The zero-order chi connectivity index (χ0) is 10.6. The van der Waals surface area contributed by atoms with Gasteiger partial charge in [0, 0.05) is 12.4 Å². The molecule has 0 aromatic carbocycles. The molecule has 0 unspecified atom stereocenters. The van der Waals surface area contributed by atoms with Crippen LogP contribution in [-0.4, -0.2) is 16.7 Å². The summed E-state index contributed by atoms with van der Waals surface area (Å²) in [6.07, 6.45) is 0.396. The first kappa shape index (κ1) is 10.7. The van der Waals surface area contributed by atoms with Crippen molar-refractivity contribution >= 4 is 6.08 Å². The average Bonchev–Trinajstić information content (AvgIpc) is 2.14. The second-order valence-electron chi connectivity index (χ2n) is 2.59. The van der Waals surface area contributed by atoms with Gasteiger partial charge in [0.15, 0.2) is 0 Å². The fourth-order valence-electron chi connectivity index (χ4n) is 0.893. The molecular formula is C9H8F3NO. The van der Waals surface area contributed by atoms with Crippen molar-refractivity contribution in [3.8, 4) is 0 Å². The van der Waals surface area contributed by atoms with Crippen molar-refractivity contribution in [1.29, 1.82) is 0 Å². The minimum absolute atomic E-state index is 0.212. The van der Waals surface area contributed by atoms with E-state index in [-0.39, 0.29) is 6.61 Å². The van der Waals surface area contributed by atoms with Gasteiger partial charge in [0.2, 0.25) is 0 Å². The number of halogens is 3. The molecule has 0 radical (unpaired) electrons. The molecule has 0 bridgehead atoms. The molecule has 76 valence electrons. The summed E-state index contributed by atoms with van der Waals surface area (Å²) in [6, 6.07) is 0.971. The Morgan fingerprint density at radius 2 is 2.07 bits per heavy atom. The Hall–Kier alpha value is -1.36. The number of pyridine rings is 1. The molecule has 2 nitrogen and oxygen atoms in total. The van der Waals surface area contributed by atoms with Crippen LogP contribution in [0, 0.1) is 0 Å². The standard InChI is InChI=1S/C9H8F3NO/c10-9(11,12)8-4-7(2-1-3-14)5-13-6-8/h1-2,4-6,14H,3H2. The molecule has 0 saturated carbocycles. The van der Waals surface area contributed by atoms with Crippen LogP contribution in [0.2, 0.25) is 0 Å². The molecule has 0 aliphatic heterocycles. The van der Waals surface area contributed by atoms with Crippen molar-refractivity contribution in [3.63, 3.8) is 0 Å². The van der Waals surface area contributed by atoms with Crippen LogP contribution in [0.15, 0.2) is 24.5 Å². The molecule has 0 saturated heterocycles. The molecule has 1 aromatic rings. The van der Waals surface area contributed by atoms with Crippen LogP contribution in [0.4, 0.5) is 13.2 Å². The summed E-state index contributed by atoms with van der Waals surface area (Å²) in [5, 5.41) is 8.43. The van der Waals surface area contributed by atoms with Gasteiger partial charge in [0.1, 0.15) is 0 Å². The normalized spacial score (nSPS) is 12.3. The van der Waals surface area contributed by atoms with Crippen molar-refractivity contribution in [1.82, 2.24) is 4.98 Å². The second kappa shape index (κ2) is 4.23. The Kier molecular flexibility index (Phi) is 3.24. The molecule has 0 aliphatic rings. The number of rotatable bonds is 2. The molecule has 0 fully saturated rings. The van der Waals surface area contributed by atoms with Gasteiger partial charge in [-0.15, -0.1) is 0 Å². The third kappa shape index (κ3) is 2.85. The van der Waals surface area contributed by atoms with Crippen LogP contribution in [0.25, 0.3) is 6.08 Å². The van der Waals surface area contributed by atoms with Crippen LogP contribution in [0.1, 0.15) is 11.1 Å². The topological polar surface area (TPSA) is 33.1 Å². The SMILES string of the molecule is OCC=Cc1cncc(C(F)(F)F)c1. The first-order valence-electron chi connectivity index (χ1n) is 3.83. The van der Waals surface area contributed by atoms with Gasteiger partial charge >= 0.3 is 6.18 Å². The smallest absolute Gasteiger partial charge is 0.392 e. The van der Waals surface area contributed by atoms with E-state index in [1.165, 1.54) is 18.3 Å². The van der Waals surface area contributed by atoms with Gasteiger partial charge in [-0.05, 0) is 11.6 Å². The summed E-state index contributed by atoms with van der Waals surface area (Å²) >= 11 is 0. The summed E-state index contributed by atoms with van der Waals surface area (Å²) in [6.45, 7) is -0.212. The van der Waals surface area contributed by atoms with E-state index in [9.17, 15) is 13.2 Å². The summed E-state index contributed by atoms with van der Waals surface area (Å²) in [4.78, 5) is 3.45. The zero-order valence-electron chi connectivity index (χ0n) is 7.12. The molecule has 14 heavy (non-hydrogen) atoms. The van der Waals surface area contributed by atoms with Gasteiger partial charge in [0.05, 0.1) is 12.2 Å². The maximum Gasteiger partial charge on any atom is 0.417 e. The second-order valence-corrected chi connectivity index (χ2v) is 2.59. The number of aliphatic hydroxyl groups excluding tert-OH is 1. The minimum atomic E-state index is -4.38. The maximum absolute atomic E-state index is 12.2. The minimum Gasteiger partial charge on any atom is -0.392 e. The monoisotopic (exact) mass is 203 g/mol. The fourth-order valence-corrected chi connectivity index (χ4v) is 0.893. The predicted molar refractivity (Wildman–Crippen MR) is 45.4 cm³/mol. The van der Waals surface area contributed by atoms with Crippen LogP contribution in [-0.2, 0) is 6.18 Å². The molecule has 1 N–H and O–H groups in total. The highest BCUT2D eigenvalue weighted by Gasteiger charge is 2.30. The zero-order valence-corrected chi connectivity index (χ0v) is 7.12. The number of hydrogen-bond donors (Lipinski definition) is 1. The van der Waals surface area contributed by atoms with Gasteiger partial charge in [-0.3, -0.25) is 4.98 Å². The average molecular weight is 203 g/mol. The number of alkyl halides is 3. The first-order valence-corrected chi connectivity index (χ1v) is 3.83. The molecule has 0 aliphatic carbocycles. The van der Waals surface area contributed by atoms with E-state index in [0.29, 0.717) is 5.56 Å². The summed E-state index contributed by atoms with van der Waals surface area (Å²) < 4.78 is 36.5. The van der Waals surface area contributed by atoms with E-state index in [1.54, 1.807) is 0 Å². The predicted octanol–water partition coefficient (Wildman–Crippen LogP) is 2.11. The molecule has 1 aromatic heterocycles. The lowest BCUT2D eigenvalue weighted by Gasteiger charge is -2.05. The number of aromatic nitrogens is 1. The molecule has 1 heterocycles. The van der Waals surface area contributed by atoms with Gasteiger partial charge in [-0.2, -0.15) is 13.2 Å². The third-order valence-corrected chi connectivity index (χ3v) is 1.50. The highest BCUT2D eigenvalue weighted by molar-refractivity contribution is 5.49. The van der Waals surface area contributed by atoms with Crippen molar-refractivity contribution in [3.05, 3.63) is 35.7 Å². The Labute approximate surface area is 78.7 Å². The Balaban J connectivity index is 2.96. The van der Waals surface area contributed by atoms with Crippen LogP contribution >= 0.6 is 0 Å². The van der Waals surface area contributed by atoms with Crippen molar-refractivity contribution in [2.24, 2.45) is 0 Å². The molecular weight excluding hydrogens is 195 g/mol. The van der Waals surface area contributed by atoms with Gasteiger partial charge in [-0.1, -0.05) is 12.2 Å². The highest BCUT2D eigenvalue weighted by atomic mass is 19.4. The van der Waals surface area contributed by atoms with E-state index < -0.39 is 11.7 Å². The van der Waals surface area contributed by atoms with Gasteiger partial charge in [0.25, 0.3) is 0 Å². The summed E-state index contributed by atoms with van der Waals surface area (Å²) in [5.74, 6) is 0. The number of nitrogens with zero attached hydrogens (tertiary/aromatic N) is 1. The van der Waals surface area contributed by atoms with Crippen molar-refractivity contribution in [2.45, 2.75) is 6.18 Å². The lowest BCUT2D eigenvalue weighted by Crippen LogP contribution is -2.05. The molecule has 0 amide bonds. The Morgan fingerprint density at radius 1 is 1.36 bits per heavy atom. The summed E-state index contributed by atoms with van der Waals surface area (Å²) in [7, 11) is 0. The number of aliphatic hydroxyl groups is 1. The Bertz CT molecular complexity index is 333. The van der Waals surface area contributed by atoms with E-state index in [0.717, 1.165) is 12.3 Å². The highest BCUT2D eigenvalue weighted by Crippen LogP contribution is 2.28. The largest absolute Gasteiger partial charge is 0.417 e. The van der Waals surface area contributed by atoms with E-state index >= 15 is 0 Å². The van der Waals surface area contributed by atoms with Crippen LogP contribution < -0.4 is 0 Å². The third-order valence-electron chi connectivity index (χ3n) is 1.50. The van der Waals surface area contributed by atoms with E-state index in [2.05, 4.69) is 4.98 Å². The quantitative estimate of drug-likeness (QED) is 0.798. The summed E-state index contributed by atoms with van der Waals surface area (Å²) in [5.41, 5.74) is -0.480. The van der Waals surface area contributed by atoms with E-state index in [1.807, 2.05) is 0 Å². The van der Waals surface area contributed by atoms with Gasteiger partial charge < -0.3 is 5.11 Å².